The minimum atomic E-state index is -1.22. The van der Waals surface area contributed by atoms with E-state index in [2.05, 4.69) is 18.2 Å². The molecule has 1 spiro atoms. The van der Waals surface area contributed by atoms with E-state index in [-0.39, 0.29) is 0 Å². The molecule has 2 heterocycles. The molecule has 146 valence electrons. The number of halogens is 1. The van der Waals surface area contributed by atoms with Crippen molar-refractivity contribution in [2.24, 2.45) is 0 Å². The Morgan fingerprint density at radius 1 is 1.04 bits per heavy atom. The number of ether oxygens (including phenoxy) is 1. The van der Waals surface area contributed by atoms with E-state index in [0.29, 0.717) is 24.3 Å². The smallest absolute Gasteiger partial charge is 0.113 e. The van der Waals surface area contributed by atoms with Crippen LogP contribution >= 0.6 is 22.9 Å². The highest BCUT2D eigenvalue weighted by Gasteiger charge is 2.60. The Balaban J connectivity index is 1.45. The highest BCUT2D eigenvalue weighted by molar-refractivity contribution is 7.19. The van der Waals surface area contributed by atoms with Gasteiger partial charge in [-0.3, -0.25) is 0 Å². The maximum atomic E-state index is 10.5. The summed E-state index contributed by atoms with van der Waals surface area (Å²) in [6.45, 7) is 0. The molecule has 3 aromatic rings. The van der Waals surface area contributed by atoms with Crippen molar-refractivity contribution in [1.82, 2.24) is 0 Å². The van der Waals surface area contributed by atoms with Gasteiger partial charge in [-0.2, -0.15) is 0 Å². The second-order valence-electron chi connectivity index (χ2n) is 7.81. The van der Waals surface area contributed by atoms with Crippen LogP contribution in [-0.2, 0) is 11.2 Å². The largest absolute Gasteiger partial charge is 0.387 e. The average Bonchev–Trinajstić information content (AvgIpc) is 3.36. The van der Waals surface area contributed by atoms with Crippen LogP contribution in [-0.4, -0.2) is 39.2 Å². The molecule has 4 nitrogen and oxygen atoms in total. The van der Waals surface area contributed by atoms with Crippen molar-refractivity contribution in [3.63, 3.8) is 0 Å². The highest BCUT2D eigenvalue weighted by atomic mass is 35.5. The summed E-state index contributed by atoms with van der Waals surface area (Å²) in [5.41, 5.74) is 0.992. The molecule has 28 heavy (non-hydrogen) atoms. The third-order valence-electron chi connectivity index (χ3n) is 5.87. The van der Waals surface area contributed by atoms with Gasteiger partial charge in [-0.15, -0.1) is 11.3 Å². The van der Waals surface area contributed by atoms with E-state index in [1.165, 1.54) is 15.0 Å². The maximum Gasteiger partial charge on any atom is 0.113 e. The molecule has 1 aromatic heterocycles. The molecule has 0 radical (unpaired) electrons. The van der Waals surface area contributed by atoms with Crippen LogP contribution in [0.2, 0.25) is 5.02 Å². The fourth-order valence-corrected chi connectivity index (χ4v) is 5.36. The lowest BCUT2D eigenvalue weighted by molar-refractivity contribution is -0.236. The molecule has 0 bridgehead atoms. The van der Waals surface area contributed by atoms with E-state index in [9.17, 15) is 15.3 Å². The minimum Gasteiger partial charge on any atom is -0.387 e. The molecule has 1 aliphatic carbocycles. The number of aliphatic hydroxyl groups is 3. The lowest BCUT2D eigenvalue weighted by Gasteiger charge is -2.41. The van der Waals surface area contributed by atoms with E-state index in [4.69, 9.17) is 16.3 Å². The molecule has 0 unspecified atom stereocenters. The van der Waals surface area contributed by atoms with Crippen molar-refractivity contribution < 1.29 is 20.1 Å². The lowest BCUT2D eigenvalue weighted by Crippen LogP contribution is -2.55. The number of rotatable bonds is 3. The molecule has 2 aliphatic rings. The van der Waals surface area contributed by atoms with Gasteiger partial charge in [0, 0.05) is 21.0 Å². The first-order valence-corrected chi connectivity index (χ1v) is 10.6. The summed E-state index contributed by atoms with van der Waals surface area (Å²) in [4.78, 5) is 1.21. The van der Waals surface area contributed by atoms with Gasteiger partial charge in [0.25, 0.3) is 0 Å². The molecule has 0 amide bonds. The second-order valence-corrected chi connectivity index (χ2v) is 9.38. The normalized spacial score (nSPS) is 28.7. The molecule has 1 saturated heterocycles. The van der Waals surface area contributed by atoms with Gasteiger partial charge < -0.3 is 20.1 Å². The standard InChI is InChI=1S/C22H21ClO4S/c23-16-6-5-13(20-18(24)19(25)21(26)22(27-20)7-8-22)9-14(16)11-15-10-12-3-1-2-4-17(12)28-15/h1-6,9-10,18-21,24-26H,7-8,11H2/t18-,19-,20+,21+/m1/s1. The highest BCUT2D eigenvalue weighted by Crippen LogP contribution is 2.52. The number of hydrogen-bond donors (Lipinski definition) is 3. The zero-order valence-electron chi connectivity index (χ0n) is 15.1. The van der Waals surface area contributed by atoms with E-state index in [1.54, 1.807) is 11.3 Å². The van der Waals surface area contributed by atoms with Gasteiger partial charge in [-0.25, -0.2) is 0 Å². The van der Waals surface area contributed by atoms with Crippen LogP contribution in [0.25, 0.3) is 10.1 Å². The topological polar surface area (TPSA) is 69.9 Å². The van der Waals surface area contributed by atoms with Gasteiger partial charge in [0.2, 0.25) is 0 Å². The predicted molar refractivity (Wildman–Crippen MR) is 110 cm³/mol. The first-order chi connectivity index (χ1) is 13.5. The van der Waals surface area contributed by atoms with E-state index in [1.807, 2.05) is 30.3 Å². The van der Waals surface area contributed by atoms with Crippen molar-refractivity contribution in [3.05, 3.63) is 69.6 Å². The van der Waals surface area contributed by atoms with Crippen LogP contribution in [0.5, 0.6) is 0 Å². The number of fused-ring (bicyclic) bond motifs is 1. The number of benzene rings is 2. The molecule has 4 atom stereocenters. The number of thiophene rings is 1. The van der Waals surface area contributed by atoms with E-state index >= 15 is 0 Å². The van der Waals surface area contributed by atoms with E-state index in [0.717, 1.165) is 11.1 Å². The van der Waals surface area contributed by atoms with Crippen molar-refractivity contribution in [3.8, 4) is 0 Å². The van der Waals surface area contributed by atoms with Crippen molar-refractivity contribution in [2.75, 3.05) is 0 Å². The van der Waals surface area contributed by atoms with Gasteiger partial charge in [0.05, 0.1) is 5.60 Å². The van der Waals surface area contributed by atoms with Gasteiger partial charge >= 0.3 is 0 Å². The van der Waals surface area contributed by atoms with Crippen LogP contribution in [0.1, 0.15) is 34.9 Å². The number of aliphatic hydroxyl groups excluding tert-OH is 3. The summed E-state index contributed by atoms with van der Waals surface area (Å²) >= 11 is 8.19. The molecular formula is C22H21ClO4S. The van der Waals surface area contributed by atoms with Crippen molar-refractivity contribution in [1.29, 1.82) is 0 Å². The second kappa shape index (κ2) is 6.80. The summed E-state index contributed by atoms with van der Waals surface area (Å²) in [7, 11) is 0. The van der Waals surface area contributed by atoms with Gasteiger partial charge in [0.1, 0.15) is 24.4 Å². The Kier molecular flexibility index (Phi) is 4.51. The monoisotopic (exact) mass is 416 g/mol. The number of hydrogen-bond acceptors (Lipinski definition) is 5. The summed E-state index contributed by atoms with van der Waals surface area (Å²) in [6, 6.07) is 16.0. The Morgan fingerprint density at radius 3 is 2.57 bits per heavy atom. The quantitative estimate of drug-likeness (QED) is 0.606. The van der Waals surface area contributed by atoms with Crippen LogP contribution in [0, 0.1) is 0 Å². The Labute approximate surface area is 172 Å². The lowest BCUT2D eigenvalue weighted by atomic mass is 9.89. The summed E-state index contributed by atoms with van der Waals surface area (Å²) in [5, 5.41) is 32.9. The van der Waals surface area contributed by atoms with Crippen LogP contribution < -0.4 is 0 Å². The molecule has 6 heteroatoms. The molecule has 1 saturated carbocycles. The molecular weight excluding hydrogens is 396 g/mol. The third kappa shape index (κ3) is 3.07. The molecule has 3 N–H and O–H groups in total. The fraction of sp³-hybridized carbons (Fsp3) is 0.364. The van der Waals surface area contributed by atoms with E-state index < -0.39 is 30.0 Å². The zero-order chi connectivity index (χ0) is 19.5. The average molecular weight is 417 g/mol. The van der Waals surface area contributed by atoms with Crippen molar-refractivity contribution in [2.45, 2.75) is 49.3 Å². The first kappa shape index (κ1) is 18.6. The maximum absolute atomic E-state index is 10.5. The van der Waals surface area contributed by atoms with Gasteiger partial charge in [-0.05, 0) is 47.6 Å². The van der Waals surface area contributed by atoms with Crippen molar-refractivity contribution >= 4 is 33.0 Å². The predicted octanol–water partition coefficient (Wildman–Crippen LogP) is 3.83. The Bertz CT molecular complexity index is 995. The summed E-state index contributed by atoms with van der Waals surface area (Å²) in [6.07, 6.45) is -2.07. The molecule has 2 fully saturated rings. The van der Waals surface area contributed by atoms with Crippen LogP contribution in [0.3, 0.4) is 0 Å². The molecule has 2 aromatic carbocycles. The Morgan fingerprint density at radius 2 is 1.82 bits per heavy atom. The third-order valence-corrected chi connectivity index (χ3v) is 7.35. The van der Waals surface area contributed by atoms with Gasteiger partial charge in [0.15, 0.2) is 0 Å². The molecule has 5 rings (SSSR count). The van der Waals surface area contributed by atoms with Crippen LogP contribution in [0.15, 0.2) is 48.5 Å². The SMILES string of the molecule is O[C@@H]1[C@@H](O)[C@H](O)C2(CC2)O[C@H]1c1ccc(Cl)c(Cc2cc3ccccc3s2)c1. The minimum absolute atomic E-state index is 0.660. The fourth-order valence-electron chi connectivity index (χ4n) is 4.09. The summed E-state index contributed by atoms with van der Waals surface area (Å²) < 4.78 is 7.30. The molecule has 1 aliphatic heterocycles. The zero-order valence-corrected chi connectivity index (χ0v) is 16.7. The van der Waals surface area contributed by atoms with Gasteiger partial charge in [-0.1, -0.05) is 41.9 Å². The Hall–Kier alpha value is -1.47. The van der Waals surface area contributed by atoms with Crippen LogP contribution in [0.4, 0.5) is 0 Å². The first-order valence-electron chi connectivity index (χ1n) is 9.45. The summed E-state index contributed by atoms with van der Waals surface area (Å²) in [5.74, 6) is 0.